The summed E-state index contributed by atoms with van der Waals surface area (Å²) in [5.74, 6) is 1.72. The monoisotopic (exact) mass is 207 g/mol. The van der Waals surface area contributed by atoms with Crippen LogP contribution in [-0.2, 0) is 0 Å². The van der Waals surface area contributed by atoms with Gasteiger partial charge >= 0.3 is 0 Å². The van der Waals surface area contributed by atoms with E-state index < -0.39 is 0 Å². The number of methoxy groups -OCH3 is 1. The first kappa shape index (κ1) is 10.3. The van der Waals surface area contributed by atoms with Crippen molar-refractivity contribution in [3.8, 4) is 11.5 Å². The fourth-order valence-corrected chi connectivity index (χ4v) is 2.14. The average molecular weight is 207 g/mol. The third-order valence-electron chi connectivity index (χ3n) is 2.92. The van der Waals surface area contributed by atoms with Gasteiger partial charge in [-0.1, -0.05) is 19.1 Å². The van der Waals surface area contributed by atoms with Crippen LogP contribution >= 0.6 is 0 Å². The Morgan fingerprint density at radius 2 is 2.27 bits per heavy atom. The van der Waals surface area contributed by atoms with E-state index in [0.717, 1.165) is 17.9 Å². The molecule has 0 amide bonds. The summed E-state index contributed by atoms with van der Waals surface area (Å²) >= 11 is 0. The molecule has 1 aliphatic heterocycles. The molecule has 3 nitrogen and oxygen atoms in total. The molecule has 1 aromatic rings. The molecule has 0 aromatic heterocycles. The summed E-state index contributed by atoms with van der Waals surface area (Å²) < 4.78 is 11.2. The highest BCUT2D eigenvalue weighted by Gasteiger charge is 2.33. The van der Waals surface area contributed by atoms with Crippen molar-refractivity contribution in [1.29, 1.82) is 0 Å². The standard InChI is InChI=1S/C12H17NO2/c1-4-9-11(13-2)8-6-5-7-10(14-3)12(8)15-9/h5-7,9,11,13H,4H2,1-3H3. The Labute approximate surface area is 90.4 Å². The first-order chi connectivity index (χ1) is 7.31. The van der Waals surface area contributed by atoms with Crippen LogP contribution in [0.2, 0.25) is 0 Å². The van der Waals surface area contributed by atoms with E-state index in [-0.39, 0.29) is 12.1 Å². The van der Waals surface area contributed by atoms with Gasteiger partial charge in [-0.15, -0.1) is 0 Å². The predicted octanol–water partition coefficient (Wildman–Crippen LogP) is 2.13. The lowest BCUT2D eigenvalue weighted by Gasteiger charge is -2.16. The summed E-state index contributed by atoms with van der Waals surface area (Å²) in [6, 6.07) is 6.31. The maximum absolute atomic E-state index is 5.89. The first-order valence-electron chi connectivity index (χ1n) is 5.32. The molecule has 0 saturated heterocycles. The molecule has 0 spiro atoms. The molecule has 0 saturated carbocycles. The molecule has 1 N–H and O–H groups in total. The molecule has 0 fully saturated rings. The highest BCUT2D eigenvalue weighted by molar-refractivity contribution is 5.51. The molecule has 0 radical (unpaired) electrons. The van der Waals surface area contributed by atoms with Gasteiger partial charge in [-0.25, -0.2) is 0 Å². The second-order valence-electron chi connectivity index (χ2n) is 3.71. The van der Waals surface area contributed by atoms with E-state index in [0.29, 0.717) is 0 Å². The minimum Gasteiger partial charge on any atom is -0.493 e. The van der Waals surface area contributed by atoms with Gasteiger partial charge in [0.15, 0.2) is 11.5 Å². The molecule has 0 aliphatic carbocycles. The third kappa shape index (κ3) is 1.57. The van der Waals surface area contributed by atoms with Crippen molar-refractivity contribution in [2.24, 2.45) is 0 Å². The van der Waals surface area contributed by atoms with Gasteiger partial charge in [-0.2, -0.15) is 0 Å². The molecule has 0 bridgehead atoms. The Hall–Kier alpha value is -1.22. The second-order valence-corrected chi connectivity index (χ2v) is 3.71. The smallest absolute Gasteiger partial charge is 0.166 e. The molecule has 3 heteroatoms. The lowest BCUT2D eigenvalue weighted by molar-refractivity contribution is 0.184. The Morgan fingerprint density at radius 3 is 2.87 bits per heavy atom. The first-order valence-corrected chi connectivity index (χ1v) is 5.32. The van der Waals surface area contributed by atoms with Crippen LogP contribution in [0.1, 0.15) is 24.9 Å². The van der Waals surface area contributed by atoms with Gasteiger partial charge in [0, 0.05) is 5.56 Å². The summed E-state index contributed by atoms with van der Waals surface area (Å²) in [4.78, 5) is 0. The van der Waals surface area contributed by atoms with Crippen LogP contribution in [0.15, 0.2) is 18.2 Å². The number of hydrogen-bond donors (Lipinski definition) is 1. The van der Waals surface area contributed by atoms with E-state index >= 15 is 0 Å². The summed E-state index contributed by atoms with van der Waals surface area (Å²) in [7, 11) is 3.64. The van der Waals surface area contributed by atoms with Crippen LogP contribution in [0, 0.1) is 0 Å². The normalized spacial score (nSPS) is 23.4. The predicted molar refractivity (Wildman–Crippen MR) is 59.5 cm³/mol. The van der Waals surface area contributed by atoms with Gasteiger partial charge in [0.2, 0.25) is 0 Å². The quantitative estimate of drug-likeness (QED) is 0.823. The summed E-state index contributed by atoms with van der Waals surface area (Å²) in [6.45, 7) is 2.13. The SMILES string of the molecule is CCC1Oc2c(OC)cccc2C1NC. The molecular weight excluding hydrogens is 190 g/mol. The Balaban J connectivity index is 2.41. The number of likely N-dealkylation sites (N-methyl/N-ethyl adjacent to an activating group) is 1. The minimum absolute atomic E-state index is 0.210. The number of hydrogen-bond acceptors (Lipinski definition) is 3. The highest BCUT2D eigenvalue weighted by atomic mass is 16.5. The number of rotatable bonds is 3. The molecule has 2 atom stereocenters. The number of fused-ring (bicyclic) bond motifs is 1. The average Bonchev–Trinajstić information content (AvgIpc) is 2.66. The largest absolute Gasteiger partial charge is 0.493 e. The van der Waals surface area contributed by atoms with E-state index in [4.69, 9.17) is 9.47 Å². The number of benzene rings is 1. The Bertz CT molecular complexity index is 351. The zero-order valence-electron chi connectivity index (χ0n) is 9.41. The van der Waals surface area contributed by atoms with Crippen molar-refractivity contribution >= 4 is 0 Å². The number of nitrogens with one attached hydrogen (secondary N) is 1. The van der Waals surface area contributed by atoms with E-state index in [1.165, 1.54) is 5.56 Å². The van der Waals surface area contributed by atoms with Crippen molar-refractivity contribution < 1.29 is 9.47 Å². The van der Waals surface area contributed by atoms with Crippen LogP contribution in [0.25, 0.3) is 0 Å². The second kappa shape index (κ2) is 4.11. The molecule has 1 heterocycles. The summed E-state index contributed by atoms with van der Waals surface area (Å²) in [5, 5.41) is 3.29. The van der Waals surface area contributed by atoms with Crippen LogP contribution in [-0.4, -0.2) is 20.3 Å². The summed E-state index contributed by atoms with van der Waals surface area (Å²) in [5.41, 5.74) is 1.20. The van der Waals surface area contributed by atoms with Crippen LogP contribution in [0.5, 0.6) is 11.5 Å². The Kier molecular flexibility index (Phi) is 2.82. The molecule has 15 heavy (non-hydrogen) atoms. The van der Waals surface area contributed by atoms with Crippen molar-refractivity contribution in [1.82, 2.24) is 5.32 Å². The maximum Gasteiger partial charge on any atom is 0.166 e. The molecule has 2 unspecified atom stereocenters. The molecular formula is C12H17NO2. The van der Waals surface area contributed by atoms with E-state index in [9.17, 15) is 0 Å². The fraction of sp³-hybridized carbons (Fsp3) is 0.500. The number of ether oxygens (including phenoxy) is 2. The van der Waals surface area contributed by atoms with Gasteiger partial charge in [0.05, 0.1) is 13.2 Å². The van der Waals surface area contributed by atoms with Gasteiger partial charge < -0.3 is 14.8 Å². The van der Waals surface area contributed by atoms with Crippen LogP contribution in [0.3, 0.4) is 0 Å². The van der Waals surface area contributed by atoms with Crippen molar-refractivity contribution in [3.63, 3.8) is 0 Å². The van der Waals surface area contributed by atoms with Gasteiger partial charge in [-0.3, -0.25) is 0 Å². The molecule has 2 rings (SSSR count). The maximum atomic E-state index is 5.89. The van der Waals surface area contributed by atoms with Crippen molar-refractivity contribution in [2.75, 3.05) is 14.2 Å². The fourth-order valence-electron chi connectivity index (χ4n) is 2.14. The van der Waals surface area contributed by atoms with Crippen LogP contribution in [0.4, 0.5) is 0 Å². The van der Waals surface area contributed by atoms with Gasteiger partial charge in [0.1, 0.15) is 6.10 Å². The van der Waals surface area contributed by atoms with Crippen molar-refractivity contribution in [3.05, 3.63) is 23.8 Å². The van der Waals surface area contributed by atoms with E-state index in [2.05, 4.69) is 18.3 Å². The zero-order chi connectivity index (χ0) is 10.8. The zero-order valence-corrected chi connectivity index (χ0v) is 9.41. The third-order valence-corrected chi connectivity index (χ3v) is 2.92. The van der Waals surface area contributed by atoms with Gasteiger partial charge in [0.25, 0.3) is 0 Å². The lowest BCUT2D eigenvalue weighted by Crippen LogP contribution is -2.27. The van der Waals surface area contributed by atoms with E-state index in [1.54, 1.807) is 7.11 Å². The molecule has 82 valence electrons. The number of para-hydroxylation sites is 1. The van der Waals surface area contributed by atoms with Crippen LogP contribution < -0.4 is 14.8 Å². The van der Waals surface area contributed by atoms with Crippen molar-refractivity contribution in [2.45, 2.75) is 25.5 Å². The Morgan fingerprint density at radius 1 is 1.47 bits per heavy atom. The minimum atomic E-state index is 0.210. The van der Waals surface area contributed by atoms with E-state index in [1.807, 2.05) is 19.2 Å². The molecule has 1 aromatic carbocycles. The lowest BCUT2D eigenvalue weighted by atomic mass is 10.0. The molecule has 1 aliphatic rings. The highest BCUT2D eigenvalue weighted by Crippen LogP contribution is 2.43. The topological polar surface area (TPSA) is 30.5 Å². The summed E-state index contributed by atoms with van der Waals surface area (Å²) in [6.07, 6.45) is 1.20. The van der Waals surface area contributed by atoms with Gasteiger partial charge in [-0.05, 0) is 19.5 Å².